The van der Waals surface area contributed by atoms with Crippen molar-refractivity contribution in [2.45, 2.75) is 17.9 Å². The Hall–Kier alpha value is -2.79. The van der Waals surface area contributed by atoms with Gasteiger partial charge in [-0.25, -0.2) is 22.7 Å². The number of hydrogen-bond donors (Lipinski definition) is 1. The van der Waals surface area contributed by atoms with Gasteiger partial charge in [-0.05, 0) is 30.7 Å². The molecule has 3 rings (SSSR count). The molecular formula is C23H28N2O7S. The summed E-state index contributed by atoms with van der Waals surface area (Å²) in [7, 11) is -1.77. The normalized spacial score (nSPS) is 15.6. The number of nitrogens with one attached hydrogen (secondary N) is 1. The fourth-order valence-electron chi connectivity index (χ4n) is 3.53. The highest BCUT2D eigenvalue weighted by Gasteiger charge is 2.27. The van der Waals surface area contributed by atoms with E-state index in [0.29, 0.717) is 32.8 Å². The Morgan fingerprint density at radius 1 is 1.00 bits per heavy atom. The van der Waals surface area contributed by atoms with Crippen molar-refractivity contribution < 1.29 is 32.2 Å². The molecule has 0 aliphatic carbocycles. The lowest BCUT2D eigenvalue weighted by Crippen LogP contribution is -2.43. The highest BCUT2D eigenvalue weighted by molar-refractivity contribution is 7.89. The smallest absolute Gasteiger partial charge is 0.337 e. The minimum Gasteiger partial charge on any atom is -0.465 e. The Bertz CT molecular complexity index is 1060. The number of ether oxygens (including phenoxy) is 3. The molecule has 1 heterocycles. The Morgan fingerprint density at radius 3 is 2.06 bits per heavy atom. The Balaban J connectivity index is 1.97. The molecule has 9 nitrogen and oxygen atoms in total. The molecule has 1 atom stereocenters. The SMILES string of the molecule is COC(=O)c1cc(C(=O)OC)cc(S(=O)(=O)NC(CN2CCOCC2)c2ccc(C)cc2)c1. The van der Waals surface area contributed by atoms with Gasteiger partial charge in [-0.15, -0.1) is 0 Å². The van der Waals surface area contributed by atoms with Crippen LogP contribution < -0.4 is 4.72 Å². The van der Waals surface area contributed by atoms with Crippen LogP contribution in [0, 0.1) is 6.92 Å². The number of hydrogen-bond acceptors (Lipinski definition) is 8. The van der Waals surface area contributed by atoms with Gasteiger partial charge < -0.3 is 14.2 Å². The van der Waals surface area contributed by atoms with E-state index in [1.54, 1.807) is 0 Å². The molecule has 2 aromatic carbocycles. The van der Waals surface area contributed by atoms with Crippen LogP contribution in [0.1, 0.15) is 37.9 Å². The second-order valence-corrected chi connectivity index (χ2v) is 9.44. The zero-order valence-electron chi connectivity index (χ0n) is 18.9. The summed E-state index contributed by atoms with van der Waals surface area (Å²) in [6, 6.07) is 10.6. The average Bonchev–Trinajstić information content (AvgIpc) is 2.83. The van der Waals surface area contributed by atoms with Crippen molar-refractivity contribution in [1.29, 1.82) is 0 Å². The second-order valence-electron chi connectivity index (χ2n) is 7.73. The number of carbonyl (C=O) groups is 2. The molecule has 0 spiro atoms. The molecule has 0 amide bonds. The third kappa shape index (κ3) is 6.38. The lowest BCUT2D eigenvalue weighted by molar-refractivity contribution is 0.0345. The minimum absolute atomic E-state index is 0.0687. The van der Waals surface area contributed by atoms with Crippen molar-refractivity contribution in [3.05, 3.63) is 64.7 Å². The maximum absolute atomic E-state index is 13.4. The predicted molar refractivity (Wildman–Crippen MR) is 121 cm³/mol. The van der Waals surface area contributed by atoms with Crippen LogP contribution in [0.25, 0.3) is 0 Å². The summed E-state index contributed by atoms with van der Waals surface area (Å²) >= 11 is 0. The molecule has 0 aromatic heterocycles. The number of benzene rings is 2. The Labute approximate surface area is 193 Å². The average molecular weight is 477 g/mol. The van der Waals surface area contributed by atoms with Crippen LogP contribution in [-0.2, 0) is 24.2 Å². The highest BCUT2D eigenvalue weighted by Crippen LogP contribution is 2.22. The first-order valence-corrected chi connectivity index (χ1v) is 11.9. The standard InChI is InChI=1S/C23H28N2O7S/c1-16-4-6-17(7-5-16)21(15-25-8-10-32-11-9-25)24-33(28,29)20-13-18(22(26)30-2)12-19(14-20)23(27)31-3/h4-7,12-14,21,24H,8-11,15H2,1-3H3. The van der Waals surface area contributed by atoms with E-state index in [4.69, 9.17) is 14.2 Å². The van der Waals surface area contributed by atoms with Crippen LogP contribution in [0.15, 0.2) is 47.4 Å². The summed E-state index contributed by atoms with van der Waals surface area (Å²) in [5.41, 5.74) is 1.72. The third-order valence-electron chi connectivity index (χ3n) is 5.38. The maximum atomic E-state index is 13.4. The molecule has 1 N–H and O–H groups in total. The van der Waals surface area contributed by atoms with Gasteiger partial charge in [-0.2, -0.15) is 0 Å². The molecule has 1 saturated heterocycles. The van der Waals surface area contributed by atoms with Gasteiger partial charge in [0.1, 0.15) is 0 Å². The van der Waals surface area contributed by atoms with E-state index in [2.05, 4.69) is 9.62 Å². The van der Waals surface area contributed by atoms with Gasteiger partial charge in [0.15, 0.2) is 0 Å². The lowest BCUT2D eigenvalue weighted by Gasteiger charge is -2.31. The molecule has 1 aliphatic rings. The van der Waals surface area contributed by atoms with Crippen LogP contribution in [0.3, 0.4) is 0 Å². The van der Waals surface area contributed by atoms with Gasteiger partial charge >= 0.3 is 11.9 Å². The van der Waals surface area contributed by atoms with Gasteiger partial charge in [0.05, 0.1) is 49.5 Å². The van der Waals surface area contributed by atoms with Crippen LogP contribution in [0.5, 0.6) is 0 Å². The van der Waals surface area contributed by atoms with Gasteiger partial charge in [0.25, 0.3) is 0 Å². The minimum atomic E-state index is -4.12. The van der Waals surface area contributed by atoms with Crippen LogP contribution in [0.2, 0.25) is 0 Å². The second kappa shape index (κ2) is 10.9. The van der Waals surface area contributed by atoms with Crippen molar-refractivity contribution in [3.63, 3.8) is 0 Å². The topological polar surface area (TPSA) is 111 Å². The Morgan fingerprint density at radius 2 is 1.55 bits per heavy atom. The molecule has 1 unspecified atom stereocenters. The molecule has 0 radical (unpaired) electrons. The van der Waals surface area contributed by atoms with Gasteiger partial charge in [-0.1, -0.05) is 29.8 Å². The molecule has 1 fully saturated rings. The van der Waals surface area contributed by atoms with E-state index >= 15 is 0 Å². The Kier molecular flexibility index (Phi) is 8.20. The summed E-state index contributed by atoms with van der Waals surface area (Å²) in [6.45, 7) is 4.93. The first-order chi connectivity index (χ1) is 15.7. The van der Waals surface area contributed by atoms with Gasteiger partial charge in [-0.3, -0.25) is 4.90 Å². The predicted octanol–water partition coefficient (Wildman–Crippen LogP) is 1.92. The molecule has 0 bridgehead atoms. The van der Waals surface area contributed by atoms with Crippen LogP contribution in [-0.4, -0.2) is 72.3 Å². The van der Waals surface area contributed by atoms with E-state index in [1.807, 2.05) is 31.2 Å². The van der Waals surface area contributed by atoms with Crippen LogP contribution >= 0.6 is 0 Å². The van der Waals surface area contributed by atoms with Crippen molar-refractivity contribution >= 4 is 22.0 Å². The molecule has 178 valence electrons. The summed E-state index contributed by atoms with van der Waals surface area (Å²) in [4.78, 5) is 26.1. The van der Waals surface area contributed by atoms with Crippen molar-refractivity contribution in [1.82, 2.24) is 9.62 Å². The zero-order valence-corrected chi connectivity index (χ0v) is 19.7. The van der Waals surface area contributed by atoms with Gasteiger partial charge in [0, 0.05) is 19.6 Å². The van der Waals surface area contributed by atoms with E-state index in [-0.39, 0.29) is 16.0 Å². The first-order valence-electron chi connectivity index (χ1n) is 10.4. The van der Waals surface area contributed by atoms with Crippen molar-refractivity contribution in [3.8, 4) is 0 Å². The number of morpholine rings is 1. The van der Waals surface area contributed by atoms with Gasteiger partial charge in [0.2, 0.25) is 10.0 Å². The van der Waals surface area contributed by atoms with Crippen molar-refractivity contribution in [2.75, 3.05) is 47.1 Å². The monoisotopic (exact) mass is 476 g/mol. The van der Waals surface area contributed by atoms with E-state index in [0.717, 1.165) is 11.1 Å². The molecular weight excluding hydrogens is 448 g/mol. The first kappa shape index (κ1) is 24.8. The van der Waals surface area contributed by atoms with Crippen molar-refractivity contribution in [2.24, 2.45) is 0 Å². The fraction of sp³-hybridized carbons (Fsp3) is 0.391. The number of nitrogens with zero attached hydrogens (tertiary/aromatic N) is 1. The summed E-state index contributed by atoms with van der Waals surface area (Å²) < 4.78 is 44.3. The van der Waals surface area contributed by atoms with E-state index in [1.165, 1.54) is 32.4 Å². The third-order valence-corrected chi connectivity index (χ3v) is 6.83. The molecule has 2 aromatic rings. The van der Waals surface area contributed by atoms with E-state index in [9.17, 15) is 18.0 Å². The zero-order chi connectivity index (χ0) is 24.0. The summed E-state index contributed by atoms with van der Waals surface area (Å²) in [5, 5.41) is 0. The largest absolute Gasteiger partial charge is 0.465 e. The number of carbonyl (C=O) groups excluding carboxylic acids is 2. The number of aryl methyl sites for hydroxylation is 1. The van der Waals surface area contributed by atoms with E-state index < -0.39 is 28.0 Å². The lowest BCUT2D eigenvalue weighted by atomic mass is 10.1. The van der Waals surface area contributed by atoms with Crippen LogP contribution in [0.4, 0.5) is 0 Å². The molecule has 0 saturated carbocycles. The number of rotatable bonds is 8. The molecule has 10 heteroatoms. The number of methoxy groups -OCH3 is 2. The summed E-state index contributed by atoms with van der Waals surface area (Å²) in [6.07, 6.45) is 0. The quantitative estimate of drug-likeness (QED) is 0.576. The number of esters is 2. The molecule has 1 aliphatic heterocycles. The number of sulfonamides is 1. The highest BCUT2D eigenvalue weighted by atomic mass is 32.2. The maximum Gasteiger partial charge on any atom is 0.337 e. The summed E-state index contributed by atoms with van der Waals surface area (Å²) in [5.74, 6) is -1.53. The molecule has 33 heavy (non-hydrogen) atoms. The fourth-order valence-corrected chi connectivity index (χ4v) is 4.82.